The predicted molar refractivity (Wildman–Crippen MR) is 182 cm³/mol. The fraction of sp³-hybridized carbons (Fsp3) is 0.375. The molecule has 0 spiro atoms. The Kier molecular flexibility index (Phi) is 18.1. The van der Waals surface area contributed by atoms with Crippen LogP contribution in [0.1, 0.15) is 60.5 Å². The van der Waals surface area contributed by atoms with E-state index in [0.29, 0.717) is 41.7 Å². The Balaban J connectivity index is 0.000000219. The number of likely N-dealkylation sites (N-methyl/N-ethyl adjacent to an activating group) is 2. The number of hydrogen-bond acceptors (Lipinski definition) is 8. The van der Waals surface area contributed by atoms with Crippen LogP contribution in [0.15, 0.2) is 77.5 Å². The molecule has 0 saturated heterocycles. The van der Waals surface area contributed by atoms with E-state index in [1.807, 2.05) is 36.4 Å². The Bertz CT molecular complexity index is 1350. The van der Waals surface area contributed by atoms with Crippen molar-refractivity contribution < 1.29 is 19.1 Å². The predicted octanol–water partition coefficient (Wildman–Crippen LogP) is 7.13. The number of aromatic nitrogens is 4. The molecule has 0 unspecified atom stereocenters. The van der Waals surface area contributed by atoms with Gasteiger partial charge in [0.2, 0.25) is 0 Å². The maximum atomic E-state index is 11.4. The summed E-state index contributed by atoms with van der Waals surface area (Å²) in [6.07, 6.45) is 8.67. The maximum absolute atomic E-state index is 11.4. The van der Waals surface area contributed by atoms with Crippen LogP contribution in [0.25, 0.3) is 5.69 Å². The number of nitrogens with zero attached hydrogens (tertiary/aromatic N) is 3. The second-order valence-corrected chi connectivity index (χ2v) is 11.3. The summed E-state index contributed by atoms with van der Waals surface area (Å²) >= 11 is 14.7. The summed E-state index contributed by atoms with van der Waals surface area (Å²) < 4.78 is 12.2. The van der Waals surface area contributed by atoms with Crippen molar-refractivity contribution in [2.75, 3.05) is 27.3 Å². The third kappa shape index (κ3) is 14.2. The molecule has 5 rings (SSSR count). The number of halogens is 3. The molecule has 1 saturated carbocycles. The minimum absolute atomic E-state index is 0.293. The van der Waals surface area contributed by atoms with Crippen LogP contribution in [0.3, 0.4) is 0 Å². The van der Waals surface area contributed by atoms with Gasteiger partial charge in [-0.25, -0.2) is 14.3 Å². The van der Waals surface area contributed by atoms with Crippen LogP contribution in [0.5, 0.6) is 0 Å². The highest BCUT2D eigenvalue weighted by Crippen LogP contribution is 2.17. The van der Waals surface area contributed by atoms with Crippen LogP contribution in [0, 0.1) is 0 Å². The van der Waals surface area contributed by atoms with E-state index in [2.05, 4.69) is 60.7 Å². The van der Waals surface area contributed by atoms with E-state index < -0.39 is 5.97 Å². The van der Waals surface area contributed by atoms with Crippen molar-refractivity contribution in [2.45, 2.75) is 51.6 Å². The summed E-state index contributed by atoms with van der Waals surface area (Å²) in [5.41, 5.74) is 1.52. The molecule has 244 valence electrons. The van der Waals surface area contributed by atoms with Gasteiger partial charge in [0.15, 0.2) is 5.69 Å². The van der Waals surface area contributed by atoms with Crippen molar-refractivity contribution in [3.63, 3.8) is 0 Å². The third-order valence-corrected chi connectivity index (χ3v) is 7.50. The smallest absolute Gasteiger partial charge is 0.358 e. The molecule has 2 aromatic carbocycles. The molecule has 0 amide bonds. The summed E-state index contributed by atoms with van der Waals surface area (Å²) in [5, 5.41) is 18.3. The molecular weight excluding hydrogens is 683 g/mol. The van der Waals surface area contributed by atoms with Gasteiger partial charge in [0.05, 0.1) is 18.9 Å². The van der Waals surface area contributed by atoms with E-state index in [4.69, 9.17) is 27.9 Å². The molecule has 13 heteroatoms. The lowest BCUT2D eigenvalue weighted by molar-refractivity contribution is 0.0509. The molecule has 1 aliphatic rings. The van der Waals surface area contributed by atoms with Gasteiger partial charge in [-0.3, -0.25) is 5.10 Å². The first-order valence-corrected chi connectivity index (χ1v) is 16.2. The van der Waals surface area contributed by atoms with Gasteiger partial charge in [0.1, 0.15) is 5.69 Å². The second kappa shape index (κ2) is 21.5. The average molecular weight is 725 g/mol. The molecular formula is C32H41BrCl2N6O4. The average Bonchev–Trinajstić information content (AvgIpc) is 3.78. The fourth-order valence-electron chi connectivity index (χ4n) is 4.21. The van der Waals surface area contributed by atoms with E-state index in [0.717, 1.165) is 15.2 Å². The number of carbonyl (C=O) groups excluding carboxylic acids is 2. The van der Waals surface area contributed by atoms with Gasteiger partial charge in [-0.15, -0.1) is 0 Å². The first-order chi connectivity index (χ1) is 21.7. The molecule has 10 nitrogen and oxygen atoms in total. The lowest BCUT2D eigenvalue weighted by Gasteiger charge is -2.30. The fourth-order valence-corrected chi connectivity index (χ4v) is 4.72. The lowest BCUT2D eigenvalue weighted by Crippen LogP contribution is -2.47. The number of aromatic amines is 1. The zero-order valence-electron chi connectivity index (χ0n) is 25.9. The minimum atomic E-state index is -0.416. The van der Waals surface area contributed by atoms with Crippen molar-refractivity contribution in [3.8, 4) is 5.69 Å². The highest BCUT2D eigenvalue weighted by atomic mass is 79.9. The van der Waals surface area contributed by atoms with Gasteiger partial charge in [0.25, 0.3) is 0 Å². The Morgan fingerprint density at radius 2 is 1.40 bits per heavy atom. The van der Waals surface area contributed by atoms with E-state index >= 15 is 0 Å². The third-order valence-electron chi connectivity index (χ3n) is 6.47. The molecule has 0 radical (unpaired) electrons. The molecule has 45 heavy (non-hydrogen) atoms. The quantitative estimate of drug-likeness (QED) is 0.172. The molecule has 1 fully saturated rings. The van der Waals surface area contributed by atoms with E-state index in [1.165, 1.54) is 31.9 Å². The van der Waals surface area contributed by atoms with E-state index in [-0.39, 0.29) is 5.97 Å². The Labute approximate surface area is 283 Å². The van der Waals surface area contributed by atoms with Gasteiger partial charge < -0.3 is 20.1 Å². The van der Waals surface area contributed by atoms with Crippen molar-refractivity contribution in [3.05, 3.63) is 99.0 Å². The number of ether oxygens (including phenoxy) is 2. The molecule has 2 aromatic heterocycles. The first-order valence-electron chi connectivity index (χ1n) is 14.6. The Morgan fingerprint density at radius 3 is 1.87 bits per heavy atom. The minimum Gasteiger partial charge on any atom is -0.461 e. The summed E-state index contributed by atoms with van der Waals surface area (Å²) in [7, 11) is 4.11. The zero-order chi connectivity index (χ0) is 33.0. The SMILES string of the molecule is CCOC(=O)c1ccn(-c2ccc(Cl)cc2)n1.CCOC(=O)c1ccn[nH]1.CN[C@H]1CCCC[C@@H]1NC.Clc1ccc(Br)cc1. The van der Waals surface area contributed by atoms with Crippen molar-refractivity contribution in [1.82, 2.24) is 30.6 Å². The molecule has 2 heterocycles. The number of nitrogens with one attached hydrogen (secondary N) is 3. The second-order valence-electron chi connectivity index (χ2n) is 9.54. The first kappa shape index (κ1) is 38.0. The van der Waals surface area contributed by atoms with Gasteiger partial charge in [-0.1, -0.05) is 52.0 Å². The number of esters is 2. The number of carbonyl (C=O) groups is 2. The molecule has 1 aliphatic carbocycles. The maximum Gasteiger partial charge on any atom is 0.358 e. The van der Waals surface area contributed by atoms with Gasteiger partial charge in [0, 0.05) is 39.0 Å². The van der Waals surface area contributed by atoms with Crippen molar-refractivity contribution in [1.29, 1.82) is 0 Å². The Morgan fingerprint density at radius 1 is 0.867 bits per heavy atom. The van der Waals surface area contributed by atoms with Gasteiger partial charge in [-0.05, 0) is 101 Å². The zero-order valence-corrected chi connectivity index (χ0v) is 29.0. The highest BCUT2D eigenvalue weighted by molar-refractivity contribution is 9.10. The van der Waals surface area contributed by atoms with Crippen LogP contribution >= 0.6 is 39.1 Å². The van der Waals surface area contributed by atoms with Crippen LogP contribution in [0.4, 0.5) is 0 Å². The van der Waals surface area contributed by atoms with Crippen LogP contribution in [-0.2, 0) is 9.47 Å². The lowest BCUT2D eigenvalue weighted by atomic mass is 9.91. The van der Waals surface area contributed by atoms with Gasteiger partial charge in [-0.2, -0.15) is 10.2 Å². The topological polar surface area (TPSA) is 123 Å². The highest BCUT2D eigenvalue weighted by Gasteiger charge is 2.21. The number of hydrogen-bond donors (Lipinski definition) is 3. The summed E-state index contributed by atoms with van der Waals surface area (Å²) in [4.78, 5) is 22.2. The van der Waals surface area contributed by atoms with Crippen molar-refractivity contribution >= 4 is 51.1 Å². The number of rotatable bonds is 7. The monoisotopic (exact) mass is 722 g/mol. The standard InChI is InChI=1S/C12H11ClN2O2.C8H18N2.C6H4BrCl.C6H8N2O2/c1-2-17-12(16)11-7-8-15(14-11)10-5-3-9(13)4-6-10;1-9-7-5-3-4-6-8(7)10-2;7-5-1-3-6(8)4-2-5;1-2-10-6(9)5-3-4-7-8-5/h3-8H,2H2,1H3;7-10H,3-6H2,1-2H3;1-4H;3-4H,2H2,1H3,(H,7,8)/t;7-,8-;;/m.0../s1. The Hall–Kier alpha value is -3.22. The van der Waals surface area contributed by atoms with Crippen LogP contribution < -0.4 is 10.6 Å². The van der Waals surface area contributed by atoms with Crippen molar-refractivity contribution in [2.24, 2.45) is 0 Å². The molecule has 0 bridgehead atoms. The summed E-state index contributed by atoms with van der Waals surface area (Å²) in [6, 6.07) is 19.3. The van der Waals surface area contributed by atoms with E-state index in [9.17, 15) is 9.59 Å². The summed E-state index contributed by atoms with van der Waals surface area (Å²) in [6.45, 7) is 4.24. The largest absolute Gasteiger partial charge is 0.461 e. The number of benzene rings is 2. The van der Waals surface area contributed by atoms with Crippen LogP contribution in [-0.4, -0.2) is 71.3 Å². The molecule has 0 aliphatic heterocycles. The molecule has 2 atom stereocenters. The van der Waals surface area contributed by atoms with Gasteiger partial charge >= 0.3 is 11.9 Å². The molecule has 3 N–H and O–H groups in total. The van der Waals surface area contributed by atoms with Crippen LogP contribution in [0.2, 0.25) is 10.0 Å². The molecule has 4 aromatic rings. The normalized spacial score (nSPS) is 15.2. The van der Waals surface area contributed by atoms with E-state index in [1.54, 1.807) is 49.0 Å². The summed E-state index contributed by atoms with van der Waals surface area (Å²) in [5.74, 6) is -0.778. The number of H-pyrrole nitrogens is 1.